The van der Waals surface area contributed by atoms with Crippen LogP contribution in [0.3, 0.4) is 0 Å². The fraction of sp³-hybridized carbons (Fsp3) is 0.619. The van der Waals surface area contributed by atoms with Crippen molar-refractivity contribution in [1.29, 1.82) is 0 Å². The highest BCUT2D eigenvalue weighted by Gasteiger charge is 2.34. The molecule has 9 heteroatoms. The quantitative estimate of drug-likeness (QED) is 0.503. The van der Waals surface area contributed by atoms with Gasteiger partial charge in [-0.15, -0.1) is 0 Å². The van der Waals surface area contributed by atoms with E-state index in [9.17, 15) is 4.57 Å². The Morgan fingerprint density at radius 3 is 2.67 bits per heavy atom. The van der Waals surface area contributed by atoms with Gasteiger partial charge in [0.2, 0.25) is 0 Å². The number of nitrogens with zero attached hydrogens (tertiary/aromatic N) is 3. The highest BCUT2D eigenvalue weighted by atomic mass is 31.2. The molecule has 0 unspecified atom stereocenters. The zero-order valence-electron chi connectivity index (χ0n) is 18.3. The predicted molar refractivity (Wildman–Crippen MR) is 117 cm³/mol. The molecule has 8 nitrogen and oxygen atoms in total. The Kier molecular flexibility index (Phi) is 7.69. The SMILES string of the molecule is CCOP(=O)(COC[C@]1(C)CCCN(c2ncnc3c(OC)cccc23)C1)OCC. The summed E-state index contributed by atoms with van der Waals surface area (Å²) in [6, 6.07) is 5.89. The third-order valence-electron chi connectivity index (χ3n) is 5.26. The molecular weight excluding hydrogens is 405 g/mol. The van der Waals surface area contributed by atoms with Crippen LogP contribution in [-0.2, 0) is 18.3 Å². The summed E-state index contributed by atoms with van der Waals surface area (Å²) in [5.41, 5.74) is 0.709. The van der Waals surface area contributed by atoms with E-state index >= 15 is 0 Å². The van der Waals surface area contributed by atoms with Gasteiger partial charge < -0.3 is 23.4 Å². The van der Waals surface area contributed by atoms with Crippen molar-refractivity contribution >= 4 is 24.3 Å². The molecule has 3 rings (SSSR count). The van der Waals surface area contributed by atoms with E-state index in [2.05, 4.69) is 21.8 Å². The molecular formula is C21H32N3O5P. The number of methoxy groups -OCH3 is 1. The molecule has 1 saturated heterocycles. The predicted octanol–water partition coefficient (Wildman–Crippen LogP) is 4.49. The van der Waals surface area contributed by atoms with E-state index in [1.807, 2.05) is 18.2 Å². The van der Waals surface area contributed by atoms with Gasteiger partial charge in [0.15, 0.2) is 0 Å². The third-order valence-corrected chi connectivity index (χ3v) is 7.06. The van der Waals surface area contributed by atoms with Crippen molar-refractivity contribution < 1.29 is 23.1 Å². The van der Waals surface area contributed by atoms with Gasteiger partial charge >= 0.3 is 7.60 Å². The van der Waals surface area contributed by atoms with Gasteiger partial charge in [-0.2, -0.15) is 0 Å². The summed E-state index contributed by atoms with van der Waals surface area (Å²) in [7, 11) is -1.55. The van der Waals surface area contributed by atoms with E-state index in [1.54, 1.807) is 27.3 Å². The minimum atomic E-state index is -3.20. The Morgan fingerprint density at radius 2 is 1.97 bits per heavy atom. The Hall–Kier alpha value is -1.73. The molecule has 0 amide bonds. The van der Waals surface area contributed by atoms with Crippen molar-refractivity contribution in [3.05, 3.63) is 24.5 Å². The van der Waals surface area contributed by atoms with Crippen molar-refractivity contribution in [3.8, 4) is 5.75 Å². The van der Waals surface area contributed by atoms with Gasteiger partial charge in [0.05, 0.1) is 26.9 Å². The zero-order chi connectivity index (χ0) is 21.6. The van der Waals surface area contributed by atoms with Crippen LogP contribution >= 0.6 is 7.60 Å². The Labute approximate surface area is 178 Å². The first-order chi connectivity index (χ1) is 14.4. The second-order valence-corrected chi connectivity index (χ2v) is 9.81. The number of ether oxygens (including phenoxy) is 2. The van der Waals surface area contributed by atoms with Crippen LogP contribution in [0.2, 0.25) is 0 Å². The van der Waals surface area contributed by atoms with Crippen LogP contribution < -0.4 is 9.64 Å². The molecule has 0 spiro atoms. The van der Waals surface area contributed by atoms with Crippen LogP contribution in [0.4, 0.5) is 5.82 Å². The maximum Gasteiger partial charge on any atom is 0.356 e. The van der Waals surface area contributed by atoms with Crippen LogP contribution in [0.5, 0.6) is 5.75 Å². The highest BCUT2D eigenvalue weighted by Crippen LogP contribution is 2.48. The van der Waals surface area contributed by atoms with E-state index in [-0.39, 0.29) is 11.8 Å². The maximum atomic E-state index is 12.6. The lowest BCUT2D eigenvalue weighted by molar-refractivity contribution is 0.0549. The topological polar surface area (TPSA) is 83.0 Å². The summed E-state index contributed by atoms with van der Waals surface area (Å²) in [5, 5.41) is 0.971. The lowest BCUT2D eigenvalue weighted by Gasteiger charge is -2.41. The summed E-state index contributed by atoms with van der Waals surface area (Å²) >= 11 is 0. The molecule has 0 saturated carbocycles. The Bertz CT molecular complexity index is 886. The van der Waals surface area contributed by atoms with Gasteiger partial charge in [0.25, 0.3) is 0 Å². The van der Waals surface area contributed by atoms with E-state index in [0.717, 1.165) is 48.4 Å². The van der Waals surface area contributed by atoms with Crippen LogP contribution in [0, 0.1) is 5.41 Å². The molecule has 1 aromatic carbocycles. The highest BCUT2D eigenvalue weighted by molar-refractivity contribution is 7.53. The monoisotopic (exact) mass is 437 g/mol. The summed E-state index contributed by atoms with van der Waals surface area (Å²) in [4.78, 5) is 11.3. The zero-order valence-corrected chi connectivity index (χ0v) is 19.2. The lowest BCUT2D eigenvalue weighted by atomic mass is 9.82. The summed E-state index contributed by atoms with van der Waals surface area (Å²) in [6.45, 7) is 8.61. The van der Waals surface area contributed by atoms with Crippen molar-refractivity contribution in [2.75, 3.05) is 51.3 Å². The average molecular weight is 437 g/mol. The second-order valence-electron chi connectivity index (χ2n) is 7.81. The van der Waals surface area contributed by atoms with Crippen molar-refractivity contribution in [2.24, 2.45) is 5.41 Å². The van der Waals surface area contributed by atoms with Gasteiger partial charge in [-0.25, -0.2) is 9.97 Å². The average Bonchev–Trinajstić information content (AvgIpc) is 2.73. The maximum absolute atomic E-state index is 12.6. The van der Waals surface area contributed by atoms with Crippen LogP contribution in [0.1, 0.15) is 33.6 Å². The number of anilines is 1. The van der Waals surface area contributed by atoms with Gasteiger partial charge in [0.1, 0.15) is 29.8 Å². The second kappa shape index (κ2) is 10.1. The van der Waals surface area contributed by atoms with Gasteiger partial charge in [-0.1, -0.05) is 13.0 Å². The lowest BCUT2D eigenvalue weighted by Crippen LogP contribution is -2.44. The number of hydrogen-bond acceptors (Lipinski definition) is 8. The van der Waals surface area contributed by atoms with Crippen molar-refractivity contribution in [1.82, 2.24) is 9.97 Å². The normalized spacial score (nSPS) is 19.9. The molecule has 1 fully saturated rings. The van der Waals surface area contributed by atoms with Gasteiger partial charge in [-0.05, 0) is 38.8 Å². The van der Waals surface area contributed by atoms with Crippen LogP contribution in [0.25, 0.3) is 10.9 Å². The smallest absolute Gasteiger partial charge is 0.356 e. The summed E-state index contributed by atoms with van der Waals surface area (Å²) < 4.78 is 34.6. The molecule has 2 heterocycles. The molecule has 0 bridgehead atoms. The van der Waals surface area contributed by atoms with E-state index in [4.69, 9.17) is 18.5 Å². The number of benzene rings is 1. The number of aromatic nitrogens is 2. The number of hydrogen-bond donors (Lipinski definition) is 0. The third kappa shape index (κ3) is 5.30. The summed E-state index contributed by atoms with van der Waals surface area (Å²) in [6.07, 6.45) is 3.59. The molecule has 1 aliphatic heterocycles. The Balaban J connectivity index is 1.72. The van der Waals surface area contributed by atoms with Crippen LogP contribution in [-0.4, -0.2) is 56.3 Å². The first-order valence-electron chi connectivity index (χ1n) is 10.4. The molecule has 0 aliphatic carbocycles. The first kappa shape index (κ1) is 22.9. The number of fused-ring (bicyclic) bond motifs is 1. The molecule has 0 N–H and O–H groups in total. The standard InChI is InChI=1S/C21H32N3O5P/c1-5-28-30(25,29-6-2)16-27-14-21(3)11-8-12-24(13-21)20-17-9-7-10-18(26-4)19(17)22-15-23-20/h7,9-10,15H,5-6,8,11-14,16H2,1-4H3/t21-/m1/s1. The minimum absolute atomic E-state index is 0.0299. The molecule has 1 aliphatic rings. The molecule has 30 heavy (non-hydrogen) atoms. The van der Waals surface area contributed by atoms with Gasteiger partial charge in [0, 0.05) is 23.9 Å². The number of para-hydroxylation sites is 1. The largest absolute Gasteiger partial charge is 0.494 e. The van der Waals surface area contributed by atoms with Crippen molar-refractivity contribution in [3.63, 3.8) is 0 Å². The molecule has 1 atom stereocenters. The molecule has 166 valence electrons. The fourth-order valence-corrected chi connectivity index (χ4v) is 5.31. The fourth-order valence-electron chi connectivity index (χ4n) is 3.99. The van der Waals surface area contributed by atoms with E-state index in [1.165, 1.54) is 0 Å². The molecule has 0 radical (unpaired) electrons. The molecule has 2 aromatic rings. The van der Waals surface area contributed by atoms with E-state index < -0.39 is 7.60 Å². The van der Waals surface area contributed by atoms with Crippen molar-refractivity contribution in [2.45, 2.75) is 33.6 Å². The number of piperidine rings is 1. The summed E-state index contributed by atoms with van der Waals surface area (Å²) in [5.74, 6) is 1.64. The Morgan fingerprint density at radius 1 is 1.20 bits per heavy atom. The van der Waals surface area contributed by atoms with E-state index in [0.29, 0.717) is 19.8 Å². The number of rotatable bonds is 10. The first-order valence-corrected chi connectivity index (χ1v) is 12.1. The van der Waals surface area contributed by atoms with Crippen LogP contribution in [0.15, 0.2) is 24.5 Å². The molecule has 1 aromatic heterocycles. The van der Waals surface area contributed by atoms with Gasteiger partial charge in [-0.3, -0.25) is 4.57 Å². The minimum Gasteiger partial charge on any atom is -0.494 e.